The first-order chi connectivity index (χ1) is 12.2. The Bertz CT molecular complexity index is 774. The van der Waals surface area contributed by atoms with Gasteiger partial charge in [0.05, 0.1) is 18.1 Å². The van der Waals surface area contributed by atoms with Crippen LogP contribution in [0.5, 0.6) is 5.75 Å². The Balaban J connectivity index is 1.47. The molecular formula is C18H20N4O3. The summed E-state index contributed by atoms with van der Waals surface area (Å²) in [5, 5.41) is 0. The zero-order valence-corrected chi connectivity index (χ0v) is 13.9. The lowest BCUT2D eigenvalue weighted by Crippen LogP contribution is -2.49. The molecule has 0 spiro atoms. The first-order valence-electron chi connectivity index (χ1n) is 8.50. The number of piperidine rings is 1. The minimum Gasteiger partial charge on any atom is -0.482 e. The Kier molecular flexibility index (Phi) is 4.13. The number of imidazole rings is 1. The summed E-state index contributed by atoms with van der Waals surface area (Å²) in [6.45, 7) is 1.40. The van der Waals surface area contributed by atoms with Crippen molar-refractivity contribution in [3.05, 3.63) is 43.0 Å². The van der Waals surface area contributed by atoms with Gasteiger partial charge in [-0.25, -0.2) is 4.98 Å². The van der Waals surface area contributed by atoms with Crippen molar-refractivity contribution >= 4 is 17.5 Å². The minimum atomic E-state index is -0.185. The summed E-state index contributed by atoms with van der Waals surface area (Å²) >= 11 is 0. The second-order valence-electron chi connectivity index (χ2n) is 6.38. The number of fused-ring (bicyclic) bond motifs is 1. The topological polar surface area (TPSA) is 67.7 Å². The molecule has 130 valence electrons. The number of para-hydroxylation sites is 2. The van der Waals surface area contributed by atoms with Gasteiger partial charge >= 0.3 is 0 Å². The predicted octanol–water partition coefficient (Wildman–Crippen LogP) is 1.47. The molecule has 4 rings (SSSR count). The summed E-state index contributed by atoms with van der Waals surface area (Å²) < 4.78 is 7.48. The molecule has 7 heteroatoms. The van der Waals surface area contributed by atoms with Crippen LogP contribution in [0.4, 0.5) is 5.69 Å². The van der Waals surface area contributed by atoms with Crippen LogP contribution in [0.3, 0.4) is 0 Å². The minimum absolute atomic E-state index is 0.0258. The largest absolute Gasteiger partial charge is 0.482 e. The van der Waals surface area contributed by atoms with Gasteiger partial charge in [-0.05, 0) is 25.0 Å². The molecule has 2 aliphatic rings. The van der Waals surface area contributed by atoms with Crippen LogP contribution in [-0.2, 0) is 9.59 Å². The van der Waals surface area contributed by atoms with E-state index in [9.17, 15) is 9.59 Å². The lowest BCUT2D eigenvalue weighted by atomic mass is 10.1. The molecule has 1 aromatic heterocycles. The van der Waals surface area contributed by atoms with Gasteiger partial charge in [0, 0.05) is 25.5 Å². The van der Waals surface area contributed by atoms with Gasteiger partial charge in [-0.1, -0.05) is 12.1 Å². The third-order valence-corrected chi connectivity index (χ3v) is 4.80. The summed E-state index contributed by atoms with van der Waals surface area (Å²) in [6.07, 6.45) is 7.45. The second-order valence-corrected chi connectivity index (χ2v) is 6.38. The average molecular weight is 340 g/mol. The number of likely N-dealkylation sites (tertiary alicyclic amines) is 1. The number of anilines is 1. The molecular weight excluding hydrogens is 320 g/mol. The highest BCUT2D eigenvalue weighted by Crippen LogP contribution is 2.31. The molecule has 2 amide bonds. The van der Waals surface area contributed by atoms with Crippen LogP contribution < -0.4 is 9.64 Å². The fourth-order valence-electron chi connectivity index (χ4n) is 3.47. The first-order valence-corrected chi connectivity index (χ1v) is 8.50. The van der Waals surface area contributed by atoms with Crippen molar-refractivity contribution < 1.29 is 14.3 Å². The smallest absolute Gasteiger partial charge is 0.265 e. The van der Waals surface area contributed by atoms with E-state index in [-0.39, 0.29) is 31.0 Å². The van der Waals surface area contributed by atoms with Crippen molar-refractivity contribution in [3.8, 4) is 5.75 Å². The van der Waals surface area contributed by atoms with Gasteiger partial charge in [-0.3, -0.25) is 14.5 Å². The average Bonchev–Trinajstić information content (AvgIpc) is 3.19. The van der Waals surface area contributed by atoms with Crippen LogP contribution in [0.25, 0.3) is 0 Å². The van der Waals surface area contributed by atoms with Gasteiger partial charge in [0.1, 0.15) is 12.3 Å². The molecule has 1 atom stereocenters. The maximum absolute atomic E-state index is 12.8. The number of amides is 2. The number of rotatable bonds is 3. The molecule has 7 nitrogen and oxygen atoms in total. The fraction of sp³-hybridized carbons (Fsp3) is 0.389. The maximum atomic E-state index is 12.8. The van der Waals surface area contributed by atoms with Crippen molar-refractivity contribution in [1.82, 2.24) is 14.5 Å². The summed E-state index contributed by atoms with van der Waals surface area (Å²) in [6, 6.07) is 7.57. The SMILES string of the molecule is O=C(CN1C(=O)COc2ccccc21)N1CCC[C@H](n2ccnc2)C1. The van der Waals surface area contributed by atoms with Crippen LogP contribution >= 0.6 is 0 Å². The standard InChI is InChI=1S/C18H20N4O3/c23-17(20-8-3-4-14(10-20)21-9-7-19-13-21)11-22-15-5-1-2-6-16(15)25-12-18(22)24/h1-2,5-7,9,13-14H,3-4,8,10-12H2/t14-/m0/s1. The van der Waals surface area contributed by atoms with Crippen LogP contribution in [0.1, 0.15) is 18.9 Å². The molecule has 2 aromatic rings. The second kappa shape index (κ2) is 6.58. The lowest BCUT2D eigenvalue weighted by molar-refractivity contribution is -0.133. The van der Waals surface area contributed by atoms with E-state index in [4.69, 9.17) is 4.74 Å². The predicted molar refractivity (Wildman–Crippen MR) is 91.4 cm³/mol. The van der Waals surface area contributed by atoms with Crippen LogP contribution in [0.15, 0.2) is 43.0 Å². The van der Waals surface area contributed by atoms with Gasteiger partial charge in [0.25, 0.3) is 5.91 Å². The van der Waals surface area contributed by atoms with Crippen molar-refractivity contribution in [2.24, 2.45) is 0 Å². The van der Waals surface area contributed by atoms with Crippen molar-refractivity contribution in [2.45, 2.75) is 18.9 Å². The van der Waals surface area contributed by atoms with Gasteiger partial charge in [-0.15, -0.1) is 0 Å². The summed E-state index contributed by atoms with van der Waals surface area (Å²) in [5.41, 5.74) is 0.662. The number of benzene rings is 1. The number of nitrogens with zero attached hydrogens (tertiary/aromatic N) is 4. The molecule has 0 radical (unpaired) electrons. The molecule has 0 unspecified atom stereocenters. The summed E-state index contributed by atoms with van der Waals surface area (Å²) in [7, 11) is 0. The van der Waals surface area contributed by atoms with E-state index in [0.717, 1.165) is 19.4 Å². The van der Waals surface area contributed by atoms with Crippen molar-refractivity contribution in [1.29, 1.82) is 0 Å². The van der Waals surface area contributed by atoms with Crippen molar-refractivity contribution in [3.63, 3.8) is 0 Å². The highest BCUT2D eigenvalue weighted by molar-refractivity contribution is 6.02. The van der Waals surface area contributed by atoms with Gasteiger partial charge in [-0.2, -0.15) is 0 Å². The number of carbonyl (C=O) groups is 2. The molecule has 2 aliphatic heterocycles. The van der Waals surface area contributed by atoms with E-state index in [1.54, 1.807) is 12.5 Å². The molecule has 1 saturated heterocycles. The third-order valence-electron chi connectivity index (χ3n) is 4.80. The zero-order valence-electron chi connectivity index (χ0n) is 13.9. The van der Waals surface area contributed by atoms with E-state index in [1.807, 2.05) is 35.4 Å². The molecule has 1 fully saturated rings. The molecule has 0 bridgehead atoms. The number of aromatic nitrogens is 2. The fourth-order valence-corrected chi connectivity index (χ4v) is 3.47. The highest BCUT2D eigenvalue weighted by atomic mass is 16.5. The Morgan fingerprint density at radius 1 is 1.32 bits per heavy atom. The molecule has 0 N–H and O–H groups in total. The normalized spacial score (nSPS) is 20.2. The third kappa shape index (κ3) is 3.09. The number of hydrogen-bond donors (Lipinski definition) is 0. The number of ether oxygens (including phenoxy) is 1. The van der Waals surface area contributed by atoms with E-state index in [2.05, 4.69) is 9.55 Å². The lowest BCUT2D eigenvalue weighted by Gasteiger charge is -2.35. The van der Waals surface area contributed by atoms with Gasteiger partial charge < -0.3 is 14.2 Å². The van der Waals surface area contributed by atoms with Crippen LogP contribution in [0.2, 0.25) is 0 Å². The maximum Gasteiger partial charge on any atom is 0.265 e. The number of hydrogen-bond acceptors (Lipinski definition) is 4. The zero-order chi connectivity index (χ0) is 17.2. The summed E-state index contributed by atoms with van der Waals surface area (Å²) in [5.74, 6) is 0.426. The molecule has 0 aliphatic carbocycles. The molecule has 25 heavy (non-hydrogen) atoms. The van der Waals surface area contributed by atoms with Gasteiger partial charge in [0.2, 0.25) is 5.91 Å². The quantitative estimate of drug-likeness (QED) is 0.849. The Morgan fingerprint density at radius 3 is 3.04 bits per heavy atom. The van der Waals surface area contributed by atoms with Gasteiger partial charge in [0.15, 0.2) is 6.61 Å². The van der Waals surface area contributed by atoms with E-state index < -0.39 is 0 Å². The van der Waals surface area contributed by atoms with Crippen LogP contribution in [0, 0.1) is 0 Å². The van der Waals surface area contributed by atoms with E-state index >= 15 is 0 Å². The Labute approximate surface area is 145 Å². The Hall–Kier alpha value is -2.83. The molecule has 0 saturated carbocycles. The van der Waals surface area contributed by atoms with Crippen LogP contribution in [-0.4, -0.2) is 52.5 Å². The molecule has 1 aromatic carbocycles. The van der Waals surface area contributed by atoms with E-state index in [0.29, 0.717) is 18.0 Å². The Morgan fingerprint density at radius 2 is 2.20 bits per heavy atom. The highest BCUT2D eigenvalue weighted by Gasteiger charge is 2.30. The summed E-state index contributed by atoms with van der Waals surface area (Å²) in [4.78, 5) is 32.5. The molecule has 3 heterocycles. The first kappa shape index (κ1) is 15.7. The monoisotopic (exact) mass is 340 g/mol. The van der Waals surface area contributed by atoms with E-state index in [1.165, 1.54) is 4.90 Å². The van der Waals surface area contributed by atoms with Crippen molar-refractivity contribution in [2.75, 3.05) is 31.1 Å². The number of carbonyl (C=O) groups excluding carboxylic acids is 2.